The highest BCUT2D eigenvalue weighted by atomic mass is 79.9. The number of aliphatic hydroxyl groups is 1. The van der Waals surface area contributed by atoms with E-state index in [0.717, 1.165) is 25.8 Å². The zero-order chi connectivity index (χ0) is 14.1. The van der Waals surface area contributed by atoms with Crippen molar-refractivity contribution in [1.29, 1.82) is 0 Å². The van der Waals surface area contributed by atoms with Crippen LogP contribution in [0.15, 0.2) is 15.5 Å². The van der Waals surface area contributed by atoms with Crippen LogP contribution in [0, 0.1) is 0 Å². The van der Waals surface area contributed by atoms with Crippen molar-refractivity contribution in [3.63, 3.8) is 0 Å². The molecule has 2 N–H and O–H groups in total. The van der Waals surface area contributed by atoms with Crippen LogP contribution in [0.5, 0.6) is 0 Å². The van der Waals surface area contributed by atoms with Gasteiger partial charge < -0.3 is 15.2 Å². The maximum atomic E-state index is 12.0. The maximum Gasteiger partial charge on any atom is 0.283 e. The molecule has 0 spiro atoms. The van der Waals surface area contributed by atoms with E-state index >= 15 is 0 Å². The Balaban J connectivity index is 2.56. The molecular weight excluding hydrogens is 314 g/mol. The van der Waals surface area contributed by atoms with Gasteiger partial charge in [-0.2, -0.15) is 5.10 Å². The van der Waals surface area contributed by atoms with Gasteiger partial charge in [0.1, 0.15) is 4.47 Å². The van der Waals surface area contributed by atoms with Gasteiger partial charge in [0.05, 0.1) is 25.0 Å². The Morgan fingerprint density at radius 1 is 1.47 bits per heavy atom. The van der Waals surface area contributed by atoms with E-state index in [2.05, 4.69) is 26.3 Å². The number of methoxy groups -OCH3 is 1. The van der Waals surface area contributed by atoms with Crippen LogP contribution in [0.1, 0.15) is 19.3 Å². The minimum atomic E-state index is -0.169. The number of hydrogen-bond donors (Lipinski definition) is 2. The average Bonchev–Trinajstić information content (AvgIpc) is 2.42. The lowest BCUT2D eigenvalue weighted by atomic mass is 10.2. The second-order valence-corrected chi connectivity index (χ2v) is 4.90. The molecule has 0 aliphatic rings. The van der Waals surface area contributed by atoms with Crippen molar-refractivity contribution in [3.8, 4) is 0 Å². The molecule has 108 valence electrons. The lowest BCUT2D eigenvalue weighted by molar-refractivity contribution is 0.181. The normalized spacial score (nSPS) is 10.7. The summed E-state index contributed by atoms with van der Waals surface area (Å²) in [5, 5.41) is 15.9. The fourth-order valence-electron chi connectivity index (χ4n) is 1.56. The Bertz CT molecular complexity index is 437. The molecule has 0 aliphatic carbocycles. The van der Waals surface area contributed by atoms with Crippen LogP contribution in [0.4, 0.5) is 5.69 Å². The molecule has 0 unspecified atom stereocenters. The van der Waals surface area contributed by atoms with Gasteiger partial charge in [0.25, 0.3) is 5.56 Å². The van der Waals surface area contributed by atoms with Gasteiger partial charge in [0.2, 0.25) is 0 Å². The summed E-state index contributed by atoms with van der Waals surface area (Å²) in [6.07, 6.45) is 4.34. The zero-order valence-electron chi connectivity index (χ0n) is 11.1. The molecule has 0 atom stereocenters. The van der Waals surface area contributed by atoms with Gasteiger partial charge in [0, 0.05) is 20.3 Å². The summed E-state index contributed by atoms with van der Waals surface area (Å²) >= 11 is 3.29. The van der Waals surface area contributed by atoms with Crippen LogP contribution in [0.25, 0.3) is 0 Å². The van der Waals surface area contributed by atoms with Gasteiger partial charge in [-0.15, -0.1) is 0 Å². The average molecular weight is 334 g/mol. The first-order valence-corrected chi connectivity index (χ1v) is 7.09. The quantitative estimate of drug-likeness (QED) is 0.664. The fourth-order valence-corrected chi connectivity index (χ4v) is 2.01. The Labute approximate surface area is 120 Å². The summed E-state index contributed by atoms with van der Waals surface area (Å²) in [7, 11) is 1.59. The van der Waals surface area contributed by atoms with Gasteiger partial charge in [-0.1, -0.05) is 0 Å². The molecule has 0 radical (unpaired) electrons. The Morgan fingerprint density at radius 2 is 2.26 bits per heavy atom. The molecule has 0 amide bonds. The second-order valence-electron chi connectivity index (χ2n) is 4.10. The SMILES string of the molecule is COCCn1ncc(NCCCCCO)c(Br)c1=O. The van der Waals surface area contributed by atoms with Crippen LogP contribution in [0.2, 0.25) is 0 Å². The third kappa shape index (κ3) is 5.30. The third-order valence-corrected chi connectivity index (χ3v) is 3.41. The molecule has 1 aromatic rings. The smallest absolute Gasteiger partial charge is 0.283 e. The van der Waals surface area contributed by atoms with E-state index in [9.17, 15) is 4.79 Å². The van der Waals surface area contributed by atoms with Gasteiger partial charge in [-0.25, -0.2) is 4.68 Å². The molecule has 19 heavy (non-hydrogen) atoms. The number of anilines is 1. The highest BCUT2D eigenvalue weighted by molar-refractivity contribution is 9.10. The molecule has 0 bridgehead atoms. The van der Waals surface area contributed by atoms with Crippen molar-refractivity contribution in [1.82, 2.24) is 9.78 Å². The van der Waals surface area contributed by atoms with Crippen molar-refractivity contribution >= 4 is 21.6 Å². The molecule has 0 fully saturated rings. The Morgan fingerprint density at radius 3 is 2.95 bits per heavy atom. The molecule has 6 nitrogen and oxygen atoms in total. The number of nitrogens with zero attached hydrogens (tertiary/aromatic N) is 2. The topological polar surface area (TPSA) is 76.4 Å². The summed E-state index contributed by atoms with van der Waals surface area (Å²) < 4.78 is 6.77. The first kappa shape index (κ1) is 16.1. The van der Waals surface area contributed by atoms with E-state index < -0.39 is 0 Å². The van der Waals surface area contributed by atoms with Crippen molar-refractivity contribution < 1.29 is 9.84 Å². The molecule has 1 heterocycles. The number of hydrogen-bond acceptors (Lipinski definition) is 5. The molecule has 1 aromatic heterocycles. The van der Waals surface area contributed by atoms with Crippen molar-refractivity contribution in [2.24, 2.45) is 0 Å². The number of aromatic nitrogens is 2. The zero-order valence-corrected chi connectivity index (χ0v) is 12.6. The van der Waals surface area contributed by atoms with Gasteiger partial charge in [0.15, 0.2) is 0 Å². The molecular formula is C12H20BrN3O3. The minimum absolute atomic E-state index is 0.169. The van der Waals surface area contributed by atoms with Gasteiger partial charge in [-0.05, 0) is 35.2 Å². The molecule has 1 rings (SSSR count). The van der Waals surface area contributed by atoms with E-state index in [-0.39, 0.29) is 12.2 Å². The van der Waals surface area contributed by atoms with Crippen LogP contribution in [-0.4, -0.2) is 41.8 Å². The number of aliphatic hydroxyl groups excluding tert-OH is 1. The van der Waals surface area contributed by atoms with Crippen molar-refractivity contribution in [2.75, 3.05) is 32.2 Å². The molecule has 0 saturated carbocycles. The van der Waals surface area contributed by atoms with Crippen LogP contribution in [-0.2, 0) is 11.3 Å². The monoisotopic (exact) mass is 333 g/mol. The first-order valence-electron chi connectivity index (χ1n) is 6.30. The molecule has 0 saturated heterocycles. The summed E-state index contributed by atoms with van der Waals surface area (Å²) in [4.78, 5) is 12.0. The molecule has 7 heteroatoms. The van der Waals surface area contributed by atoms with Crippen molar-refractivity contribution in [3.05, 3.63) is 21.0 Å². The Hall–Kier alpha value is -0.920. The number of nitrogens with one attached hydrogen (secondary N) is 1. The van der Waals surface area contributed by atoms with E-state index in [1.54, 1.807) is 13.3 Å². The van der Waals surface area contributed by atoms with Crippen LogP contribution in [0.3, 0.4) is 0 Å². The number of ether oxygens (including phenoxy) is 1. The summed E-state index contributed by atoms with van der Waals surface area (Å²) in [5.74, 6) is 0. The number of halogens is 1. The predicted octanol–water partition coefficient (Wildman–Crippen LogP) is 1.23. The lowest BCUT2D eigenvalue weighted by Gasteiger charge is -2.10. The highest BCUT2D eigenvalue weighted by Crippen LogP contribution is 2.16. The largest absolute Gasteiger partial charge is 0.396 e. The summed E-state index contributed by atoms with van der Waals surface area (Å²) in [6, 6.07) is 0. The predicted molar refractivity (Wildman–Crippen MR) is 77.5 cm³/mol. The van der Waals surface area contributed by atoms with E-state index in [1.165, 1.54) is 4.68 Å². The first-order chi connectivity index (χ1) is 9.20. The van der Waals surface area contributed by atoms with E-state index in [0.29, 0.717) is 23.3 Å². The minimum Gasteiger partial charge on any atom is -0.396 e. The van der Waals surface area contributed by atoms with Crippen LogP contribution < -0.4 is 10.9 Å². The van der Waals surface area contributed by atoms with E-state index in [1.807, 2.05) is 0 Å². The third-order valence-electron chi connectivity index (χ3n) is 2.64. The van der Waals surface area contributed by atoms with Gasteiger partial charge in [-0.3, -0.25) is 4.79 Å². The Kier molecular flexibility index (Phi) is 7.69. The number of rotatable bonds is 9. The lowest BCUT2D eigenvalue weighted by Crippen LogP contribution is -2.26. The molecule has 0 aromatic carbocycles. The standard InChI is InChI=1S/C12H20BrN3O3/c1-19-8-6-16-12(18)11(13)10(9-15-16)14-5-3-2-4-7-17/h9,14,17H,2-8H2,1H3. The van der Waals surface area contributed by atoms with E-state index in [4.69, 9.17) is 9.84 Å². The highest BCUT2D eigenvalue weighted by Gasteiger charge is 2.07. The van der Waals surface area contributed by atoms with Gasteiger partial charge >= 0.3 is 0 Å². The van der Waals surface area contributed by atoms with Crippen LogP contribution >= 0.6 is 15.9 Å². The maximum absolute atomic E-state index is 12.0. The summed E-state index contributed by atoms with van der Waals surface area (Å²) in [6.45, 7) is 1.86. The molecule has 0 aliphatic heterocycles. The fraction of sp³-hybridized carbons (Fsp3) is 0.667. The van der Waals surface area contributed by atoms with Crippen molar-refractivity contribution in [2.45, 2.75) is 25.8 Å². The summed E-state index contributed by atoms with van der Waals surface area (Å²) in [5.41, 5.74) is 0.528. The number of unbranched alkanes of at least 4 members (excludes halogenated alkanes) is 2. The second kappa shape index (κ2) is 9.06.